The van der Waals surface area contributed by atoms with Crippen molar-refractivity contribution in [2.45, 2.75) is 31.8 Å². The fourth-order valence-corrected chi connectivity index (χ4v) is 1.75. The van der Waals surface area contributed by atoms with Crippen molar-refractivity contribution in [1.29, 1.82) is 0 Å². The summed E-state index contributed by atoms with van der Waals surface area (Å²) in [4.78, 5) is 11.3. The van der Waals surface area contributed by atoms with Crippen LogP contribution in [0.2, 0.25) is 0 Å². The molecule has 3 heteroatoms. The molecule has 0 bridgehead atoms. The molecular formula is C9H12O3. The second-order valence-corrected chi connectivity index (χ2v) is 3.35. The van der Waals surface area contributed by atoms with Gasteiger partial charge in [0.25, 0.3) is 0 Å². The van der Waals surface area contributed by atoms with Crippen LogP contribution in [0, 0.1) is 0 Å². The minimum absolute atomic E-state index is 0.162. The molecule has 0 radical (unpaired) electrons. The van der Waals surface area contributed by atoms with Gasteiger partial charge in [0.15, 0.2) is 5.78 Å². The number of ketones is 1. The standard InChI is InChI=1S/C9H12O3/c10-6-4-7-8(11)2-1-3-9(7)12-5-6/h6,10H,1-5H2/t6-/m0/s1. The van der Waals surface area contributed by atoms with Crippen LogP contribution in [0.25, 0.3) is 0 Å². The van der Waals surface area contributed by atoms with Gasteiger partial charge < -0.3 is 9.84 Å². The van der Waals surface area contributed by atoms with E-state index in [0.29, 0.717) is 19.4 Å². The SMILES string of the molecule is O=C1CCCC2=C1C[C@H](O)CO2. The number of hydrogen-bond acceptors (Lipinski definition) is 3. The number of Topliss-reactive ketones (excluding diaryl/α,β-unsaturated/α-hetero) is 1. The molecule has 0 aromatic heterocycles. The minimum Gasteiger partial charge on any atom is -0.495 e. The molecule has 1 atom stereocenters. The lowest BCUT2D eigenvalue weighted by atomic mass is 9.91. The molecule has 1 heterocycles. The Morgan fingerprint density at radius 2 is 2.25 bits per heavy atom. The summed E-state index contributed by atoms with van der Waals surface area (Å²) in [5.41, 5.74) is 0.736. The molecule has 0 saturated carbocycles. The maximum Gasteiger partial charge on any atom is 0.162 e. The van der Waals surface area contributed by atoms with Crippen molar-refractivity contribution < 1.29 is 14.6 Å². The zero-order chi connectivity index (χ0) is 8.55. The molecule has 0 spiro atoms. The molecule has 1 aliphatic carbocycles. The smallest absolute Gasteiger partial charge is 0.162 e. The molecule has 2 rings (SSSR count). The molecule has 2 aliphatic rings. The quantitative estimate of drug-likeness (QED) is 0.581. The fourth-order valence-electron chi connectivity index (χ4n) is 1.75. The van der Waals surface area contributed by atoms with Crippen LogP contribution in [0.15, 0.2) is 11.3 Å². The Kier molecular flexibility index (Phi) is 1.89. The monoisotopic (exact) mass is 168 g/mol. The Hall–Kier alpha value is -0.830. The molecule has 1 N–H and O–H groups in total. The van der Waals surface area contributed by atoms with E-state index in [-0.39, 0.29) is 5.78 Å². The lowest BCUT2D eigenvalue weighted by molar-refractivity contribution is -0.117. The van der Waals surface area contributed by atoms with Crippen LogP contribution in [0.1, 0.15) is 25.7 Å². The summed E-state index contributed by atoms with van der Waals surface area (Å²) in [6.45, 7) is 0.353. The Morgan fingerprint density at radius 3 is 3.08 bits per heavy atom. The van der Waals surface area contributed by atoms with Crippen LogP contribution in [0.4, 0.5) is 0 Å². The average Bonchev–Trinajstić information content (AvgIpc) is 2.07. The van der Waals surface area contributed by atoms with Crippen molar-refractivity contribution in [3.63, 3.8) is 0 Å². The van der Waals surface area contributed by atoms with Crippen molar-refractivity contribution >= 4 is 5.78 Å². The van der Waals surface area contributed by atoms with Gasteiger partial charge in [-0.15, -0.1) is 0 Å². The highest BCUT2D eigenvalue weighted by molar-refractivity contribution is 5.96. The van der Waals surface area contributed by atoms with E-state index in [1.54, 1.807) is 0 Å². The van der Waals surface area contributed by atoms with E-state index in [1.165, 1.54) is 0 Å². The van der Waals surface area contributed by atoms with Crippen molar-refractivity contribution in [2.75, 3.05) is 6.61 Å². The first-order chi connectivity index (χ1) is 5.77. The van der Waals surface area contributed by atoms with Crippen molar-refractivity contribution in [1.82, 2.24) is 0 Å². The maximum absolute atomic E-state index is 11.3. The van der Waals surface area contributed by atoms with Gasteiger partial charge in [-0.25, -0.2) is 0 Å². The second-order valence-electron chi connectivity index (χ2n) is 3.35. The average molecular weight is 168 g/mol. The van der Waals surface area contributed by atoms with Gasteiger partial charge in [-0.2, -0.15) is 0 Å². The molecule has 0 aromatic rings. The Bertz CT molecular complexity index is 242. The third-order valence-electron chi connectivity index (χ3n) is 2.37. The fraction of sp³-hybridized carbons (Fsp3) is 0.667. The van der Waals surface area contributed by atoms with Crippen LogP contribution in [-0.2, 0) is 9.53 Å². The second kappa shape index (κ2) is 2.90. The molecule has 0 amide bonds. The summed E-state index contributed by atoms with van der Waals surface area (Å²) < 4.78 is 5.27. The van der Waals surface area contributed by atoms with Crippen LogP contribution in [-0.4, -0.2) is 23.6 Å². The molecule has 0 aromatic carbocycles. The molecule has 66 valence electrons. The highest BCUT2D eigenvalue weighted by Crippen LogP contribution is 2.29. The molecule has 0 saturated heterocycles. The number of allylic oxidation sites excluding steroid dienone is 1. The zero-order valence-electron chi connectivity index (χ0n) is 6.88. The maximum atomic E-state index is 11.3. The summed E-state index contributed by atoms with van der Waals surface area (Å²) in [7, 11) is 0. The first-order valence-electron chi connectivity index (χ1n) is 4.33. The first-order valence-corrected chi connectivity index (χ1v) is 4.33. The highest BCUT2D eigenvalue weighted by atomic mass is 16.5. The predicted molar refractivity (Wildman–Crippen MR) is 42.5 cm³/mol. The van der Waals surface area contributed by atoms with E-state index >= 15 is 0 Å². The highest BCUT2D eigenvalue weighted by Gasteiger charge is 2.27. The van der Waals surface area contributed by atoms with Gasteiger partial charge in [0.2, 0.25) is 0 Å². The zero-order valence-corrected chi connectivity index (χ0v) is 6.88. The lowest BCUT2D eigenvalue weighted by Gasteiger charge is -2.27. The Balaban J connectivity index is 2.25. The number of carbonyl (C=O) groups is 1. The van der Waals surface area contributed by atoms with E-state index in [2.05, 4.69) is 0 Å². The molecule has 0 unspecified atom stereocenters. The third kappa shape index (κ3) is 1.25. The summed E-state index contributed by atoms with van der Waals surface area (Å²) in [5, 5.41) is 9.25. The largest absolute Gasteiger partial charge is 0.495 e. The number of ether oxygens (including phenoxy) is 1. The van der Waals surface area contributed by atoms with Crippen LogP contribution >= 0.6 is 0 Å². The van der Waals surface area contributed by atoms with E-state index in [9.17, 15) is 9.90 Å². The molecular weight excluding hydrogens is 156 g/mol. The van der Waals surface area contributed by atoms with Gasteiger partial charge in [-0.1, -0.05) is 0 Å². The van der Waals surface area contributed by atoms with E-state index in [4.69, 9.17) is 4.74 Å². The van der Waals surface area contributed by atoms with Gasteiger partial charge >= 0.3 is 0 Å². The number of hydrogen-bond donors (Lipinski definition) is 1. The number of rotatable bonds is 0. The van der Waals surface area contributed by atoms with Gasteiger partial charge in [0, 0.05) is 24.8 Å². The predicted octanol–water partition coefficient (Wildman–Crippen LogP) is 0.775. The summed E-state index contributed by atoms with van der Waals surface area (Å²) in [5.74, 6) is 0.992. The van der Waals surface area contributed by atoms with Crippen LogP contribution < -0.4 is 0 Å². The van der Waals surface area contributed by atoms with Gasteiger partial charge in [0.1, 0.15) is 12.4 Å². The Labute approximate surface area is 71.0 Å². The van der Waals surface area contributed by atoms with Gasteiger partial charge in [-0.3, -0.25) is 4.79 Å². The van der Waals surface area contributed by atoms with Crippen LogP contribution in [0.3, 0.4) is 0 Å². The normalized spacial score (nSPS) is 29.8. The Morgan fingerprint density at radius 1 is 1.42 bits per heavy atom. The summed E-state index contributed by atoms with van der Waals surface area (Å²) in [6, 6.07) is 0. The van der Waals surface area contributed by atoms with Gasteiger partial charge in [-0.05, 0) is 6.42 Å². The van der Waals surface area contributed by atoms with Crippen molar-refractivity contribution in [3.05, 3.63) is 11.3 Å². The first kappa shape index (κ1) is 7.80. The minimum atomic E-state index is -0.481. The summed E-state index contributed by atoms with van der Waals surface area (Å²) >= 11 is 0. The van der Waals surface area contributed by atoms with Gasteiger partial charge in [0.05, 0.1) is 6.10 Å². The third-order valence-corrected chi connectivity index (χ3v) is 2.37. The van der Waals surface area contributed by atoms with E-state index < -0.39 is 6.10 Å². The lowest BCUT2D eigenvalue weighted by Crippen LogP contribution is -2.27. The van der Waals surface area contributed by atoms with Crippen molar-refractivity contribution in [3.8, 4) is 0 Å². The number of carbonyl (C=O) groups excluding carboxylic acids is 1. The molecule has 3 nitrogen and oxygen atoms in total. The summed E-state index contributed by atoms with van der Waals surface area (Å²) in [6.07, 6.45) is 2.40. The van der Waals surface area contributed by atoms with Crippen molar-refractivity contribution in [2.24, 2.45) is 0 Å². The molecule has 1 aliphatic heterocycles. The topological polar surface area (TPSA) is 46.5 Å². The van der Waals surface area contributed by atoms with Crippen LogP contribution in [0.5, 0.6) is 0 Å². The van der Waals surface area contributed by atoms with E-state index in [0.717, 1.165) is 24.2 Å². The molecule has 0 fully saturated rings. The number of aliphatic hydroxyl groups is 1. The molecule has 12 heavy (non-hydrogen) atoms. The number of aliphatic hydroxyl groups excluding tert-OH is 1. The van der Waals surface area contributed by atoms with E-state index in [1.807, 2.05) is 0 Å².